The maximum Gasteiger partial charge on any atom is 0.469 e. The van der Waals surface area contributed by atoms with Crippen LogP contribution >= 0.6 is 7.82 Å². The van der Waals surface area contributed by atoms with Gasteiger partial charge in [0.1, 0.15) is 0 Å². The summed E-state index contributed by atoms with van der Waals surface area (Å²) in [4.78, 5) is 16.4. The zero-order chi connectivity index (χ0) is 15.0. The van der Waals surface area contributed by atoms with Gasteiger partial charge in [-0.2, -0.15) is 0 Å². The van der Waals surface area contributed by atoms with Gasteiger partial charge in [-0.1, -0.05) is 58.8 Å². The molecule has 0 aromatic heterocycles. The van der Waals surface area contributed by atoms with Crippen molar-refractivity contribution in [2.75, 3.05) is 13.2 Å². The molecule has 0 aromatic carbocycles. The van der Waals surface area contributed by atoms with E-state index in [-0.39, 0.29) is 6.61 Å². The maximum absolute atomic E-state index is 10.1. The van der Waals surface area contributed by atoms with Crippen LogP contribution in [-0.4, -0.2) is 22.9 Å². The molecule has 0 spiro atoms. The van der Waals surface area contributed by atoms with Crippen molar-refractivity contribution in [1.82, 2.24) is 0 Å². The SMILES string of the molecule is CCCCCCCCN.CCCCCOP(=O)(O)O. The Morgan fingerprint density at radius 2 is 1.37 bits per heavy atom. The third-order valence-corrected chi connectivity index (χ3v) is 3.08. The van der Waals surface area contributed by atoms with Gasteiger partial charge < -0.3 is 15.5 Å². The summed E-state index contributed by atoms with van der Waals surface area (Å²) in [5, 5.41) is 0. The summed E-state index contributed by atoms with van der Waals surface area (Å²) in [6.07, 6.45) is 10.7. The largest absolute Gasteiger partial charge is 0.469 e. The Kier molecular flexibility index (Phi) is 18.1. The van der Waals surface area contributed by atoms with Crippen molar-refractivity contribution in [2.45, 2.75) is 71.6 Å². The number of rotatable bonds is 11. The minimum absolute atomic E-state index is 0.151. The van der Waals surface area contributed by atoms with Gasteiger partial charge in [0.15, 0.2) is 0 Å². The van der Waals surface area contributed by atoms with Gasteiger partial charge in [0.2, 0.25) is 0 Å². The van der Waals surface area contributed by atoms with Crippen LogP contribution in [0.3, 0.4) is 0 Å². The molecule has 0 bridgehead atoms. The van der Waals surface area contributed by atoms with Gasteiger partial charge in [-0.25, -0.2) is 4.57 Å². The van der Waals surface area contributed by atoms with Crippen LogP contribution in [0.2, 0.25) is 0 Å². The highest BCUT2D eigenvalue weighted by Crippen LogP contribution is 2.35. The number of phosphoric acid groups is 1. The second-order valence-corrected chi connectivity index (χ2v) is 5.83. The second-order valence-electron chi connectivity index (χ2n) is 4.59. The van der Waals surface area contributed by atoms with Gasteiger partial charge in [0, 0.05) is 0 Å². The van der Waals surface area contributed by atoms with Gasteiger partial charge in [0.25, 0.3) is 0 Å². The van der Waals surface area contributed by atoms with Crippen molar-refractivity contribution in [3.05, 3.63) is 0 Å². The monoisotopic (exact) mass is 297 g/mol. The normalized spacial score (nSPS) is 11.0. The molecule has 5 nitrogen and oxygen atoms in total. The lowest BCUT2D eigenvalue weighted by atomic mass is 10.1. The molecule has 0 aromatic rings. The molecule has 4 N–H and O–H groups in total. The molecule has 0 amide bonds. The van der Waals surface area contributed by atoms with Gasteiger partial charge in [-0.15, -0.1) is 0 Å². The average molecular weight is 297 g/mol. The van der Waals surface area contributed by atoms with E-state index in [1.54, 1.807) is 0 Å². The maximum atomic E-state index is 10.1. The van der Waals surface area contributed by atoms with E-state index in [9.17, 15) is 4.57 Å². The van der Waals surface area contributed by atoms with Gasteiger partial charge in [-0.3, -0.25) is 4.52 Å². The molecule has 118 valence electrons. The fourth-order valence-electron chi connectivity index (χ4n) is 1.46. The molecular formula is C13H32NO4P. The van der Waals surface area contributed by atoms with Crippen LogP contribution in [0.5, 0.6) is 0 Å². The van der Waals surface area contributed by atoms with Crippen molar-refractivity contribution in [2.24, 2.45) is 5.73 Å². The molecule has 0 rings (SSSR count). The first-order chi connectivity index (χ1) is 8.97. The molecule has 0 unspecified atom stereocenters. The summed E-state index contributed by atoms with van der Waals surface area (Å²) in [5.74, 6) is 0. The lowest BCUT2D eigenvalue weighted by Crippen LogP contribution is -1.97. The smallest absolute Gasteiger partial charge is 0.330 e. The third-order valence-electron chi connectivity index (χ3n) is 2.57. The number of nitrogens with two attached hydrogens (primary N) is 1. The molecule has 0 aliphatic carbocycles. The van der Waals surface area contributed by atoms with E-state index < -0.39 is 7.82 Å². The van der Waals surface area contributed by atoms with Crippen LogP contribution < -0.4 is 5.73 Å². The highest BCUT2D eigenvalue weighted by molar-refractivity contribution is 7.46. The topological polar surface area (TPSA) is 92.8 Å². The summed E-state index contributed by atoms with van der Waals surface area (Å²) in [5.41, 5.74) is 5.34. The Bertz CT molecular complexity index is 203. The number of unbranched alkanes of at least 4 members (excludes halogenated alkanes) is 7. The zero-order valence-electron chi connectivity index (χ0n) is 12.5. The molecular weight excluding hydrogens is 265 g/mol. The first-order valence-electron chi connectivity index (χ1n) is 7.38. The Hall–Kier alpha value is 0.0700. The third kappa shape index (κ3) is 27.3. The van der Waals surface area contributed by atoms with E-state index in [0.29, 0.717) is 6.42 Å². The Morgan fingerprint density at radius 1 is 0.895 bits per heavy atom. The summed E-state index contributed by atoms with van der Waals surface area (Å²) in [6, 6.07) is 0. The molecule has 0 heterocycles. The summed E-state index contributed by atoms with van der Waals surface area (Å²) in [6.45, 7) is 5.27. The summed E-state index contributed by atoms with van der Waals surface area (Å²) in [7, 11) is -4.21. The minimum atomic E-state index is -4.21. The highest BCUT2D eigenvalue weighted by atomic mass is 31.2. The van der Waals surface area contributed by atoms with Crippen molar-refractivity contribution >= 4 is 7.82 Å². The summed E-state index contributed by atoms with van der Waals surface area (Å²) < 4.78 is 14.3. The van der Waals surface area contributed by atoms with E-state index in [1.165, 1.54) is 38.5 Å². The predicted molar refractivity (Wildman–Crippen MR) is 80.0 cm³/mol. The van der Waals surface area contributed by atoms with Gasteiger partial charge in [-0.05, 0) is 19.4 Å². The molecule has 0 atom stereocenters. The molecule has 0 saturated carbocycles. The van der Waals surface area contributed by atoms with Crippen molar-refractivity contribution in [1.29, 1.82) is 0 Å². The van der Waals surface area contributed by atoms with Gasteiger partial charge >= 0.3 is 7.82 Å². The highest BCUT2D eigenvalue weighted by Gasteiger charge is 2.11. The Morgan fingerprint density at radius 3 is 1.84 bits per heavy atom. The minimum Gasteiger partial charge on any atom is -0.330 e. The van der Waals surface area contributed by atoms with E-state index >= 15 is 0 Å². The summed E-state index contributed by atoms with van der Waals surface area (Å²) >= 11 is 0. The van der Waals surface area contributed by atoms with Gasteiger partial charge in [0.05, 0.1) is 6.61 Å². The fourth-order valence-corrected chi connectivity index (χ4v) is 1.83. The first kappa shape index (κ1) is 21.4. The van der Waals surface area contributed by atoms with E-state index in [2.05, 4.69) is 11.4 Å². The Labute approximate surface area is 118 Å². The molecule has 0 aliphatic heterocycles. The number of hydrogen-bond donors (Lipinski definition) is 3. The van der Waals surface area contributed by atoms with E-state index in [0.717, 1.165) is 19.4 Å². The van der Waals surface area contributed by atoms with Crippen LogP contribution in [-0.2, 0) is 9.09 Å². The first-order valence-corrected chi connectivity index (χ1v) is 8.91. The standard InChI is InChI=1S/C8H19N.C5H13O4P/c1-2-3-4-5-6-7-8-9;1-2-3-4-5-9-10(6,7)8/h2-9H2,1H3;2-5H2,1H3,(H2,6,7,8). The molecule has 0 radical (unpaired) electrons. The molecule has 19 heavy (non-hydrogen) atoms. The average Bonchev–Trinajstić information content (AvgIpc) is 2.34. The lowest BCUT2D eigenvalue weighted by Gasteiger charge is -2.02. The zero-order valence-corrected chi connectivity index (χ0v) is 13.4. The second kappa shape index (κ2) is 16.1. The molecule has 0 saturated heterocycles. The van der Waals surface area contributed by atoms with Crippen LogP contribution in [0.4, 0.5) is 0 Å². The number of hydrogen-bond acceptors (Lipinski definition) is 3. The van der Waals surface area contributed by atoms with Crippen LogP contribution in [0.15, 0.2) is 0 Å². The Balaban J connectivity index is 0. The van der Waals surface area contributed by atoms with Crippen LogP contribution in [0.25, 0.3) is 0 Å². The molecule has 6 heteroatoms. The lowest BCUT2D eigenvalue weighted by molar-refractivity contribution is 0.193. The van der Waals surface area contributed by atoms with Crippen molar-refractivity contribution in [3.8, 4) is 0 Å². The van der Waals surface area contributed by atoms with Crippen molar-refractivity contribution < 1.29 is 18.9 Å². The molecule has 0 aliphatic rings. The molecule has 0 fully saturated rings. The fraction of sp³-hybridized carbons (Fsp3) is 1.00. The van der Waals surface area contributed by atoms with E-state index in [4.69, 9.17) is 15.5 Å². The predicted octanol–water partition coefficient (Wildman–Crippen LogP) is 3.59. The van der Waals surface area contributed by atoms with Crippen LogP contribution in [0, 0.1) is 0 Å². The van der Waals surface area contributed by atoms with E-state index in [1.807, 2.05) is 6.92 Å². The quantitative estimate of drug-likeness (QED) is 0.400. The van der Waals surface area contributed by atoms with Crippen LogP contribution in [0.1, 0.15) is 71.6 Å². The number of phosphoric ester groups is 1. The van der Waals surface area contributed by atoms with Crippen molar-refractivity contribution in [3.63, 3.8) is 0 Å².